The average molecular weight is 406 g/mol. The summed E-state index contributed by atoms with van der Waals surface area (Å²) < 4.78 is 23.3. The SMILES string of the molecule is CC[NH+]1CCN(c2ccc(Nc3ccc(S(C)(=O)=O)cc3[N+](=O)[O-])cc2)CC1. The first-order valence-corrected chi connectivity index (χ1v) is 11.1. The van der Waals surface area contributed by atoms with Crippen molar-refractivity contribution in [1.82, 2.24) is 0 Å². The van der Waals surface area contributed by atoms with Crippen LogP contribution in [0.5, 0.6) is 0 Å². The average Bonchev–Trinajstić information content (AvgIpc) is 2.68. The normalized spacial score (nSPS) is 15.4. The van der Waals surface area contributed by atoms with E-state index in [4.69, 9.17) is 0 Å². The van der Waals surface area contributed by atoms with Gasteiger partial charge < -0.3 is 15.1 Å². The third kappa shape index (κ3) is 4.60. The molecule has 2 aromatic rings. The van der Waals surface area contributed by atoms with Gasteiger partial charge in [-0.1, -0.05) is 0 Å². The summed E-state index contributed by atoms with van der Waals surface area (Å²) in [6, 6.07) is 11.6. The summed E-state index contributed by atoms with van der Waals surface area (Å²) in [5.41, 5.74) is 1.82. The van der Waals surface area contributed by atoms with Crippen LogP contribution in [-0.2, 0) is 9.84 Å². The summed E-state index contributed by atoms with van der Waals surface area (Å²) in [4.78, 5) is 14.7. The maximum Gasteiger partial charge on any atom is 0.293 e. The number of hydrogen-bond donors (Lipinski definition) is 2. The highest BCUT2D eigenvalue weighted by Gasteiger charge is 2.20. The predicted molar refractivity (Wildman–Crippen MR) is 109 cm³/mol. The van der Waals surface area contributed by atoms with Crippen molar-refractivity contribution in [3.63, 3.8) is 0 Å². The Kier molecular flexibility index (Phi) is 5.85. The minimum absolute atomic E-state index is 0.0755. The van der Waals surface area contributed by atoms with Gasteiger partial charge in [-0.3, -0.25) is 10.1 Å². The fourth-order valence-corrected chi connectivity index (χ4v) is 3.99. The summed E-state index contributed by atoms with van der Waals surface area (Å²) in [6.07, 6.45) is 1.03. The molecule has 1 saturated heterocycles. The van der Waals surface area contributed by atoms with E-state index in [1.807, 2.05) is 24.3 Å². The van der Waals surface area contributed by atoms with E-state index >= 15 is 0 Å². The van der Waals surface area contributed by atoms with Crippen molar-refractivity contribution < 1.29 is 18.2 Å². The van der Waals surface area contributed by atoms with E-state index in [1.54, 1.807) is 4.90 Å². The second-order valence-electron chi connectivity index (χ2n) is 6.97. The van der Waals surface area contributed by atoms with E-state index in [1.165, 1.54) is 12.1 Å². The van der Waals surface area contributed by atoms with Gasteiger partial charge in [-0.25, -0.2) is 8.42 Å². The van der Waals surface area contributed by atoms with Gasteiger partial charge in [0.1, 0.15) is 5.69 Å². The van der Waals surface area contributed by atoms with Gasteiger partial charge in [0, 0.05) is 23.7 Å². The number of nitrogens with one attached hydrogen (secondary N) is 2. The van der Waals surface area contributed by atoms with Crippen molar-refractivity contribution >= 4 is 32.6 Å². The van der Waals surface area contributed by atoms with Gasteiger partial charge in [0.15, 0.2) is 9.84 Å². The van der Waals surface area contributed by atoms with Gasteiger partial charge in [0.25, 0.3) is 5.69 Å². The summed E-state index contributed by atoms with van der Waals surface area (Å²) in [5, 5.41) is 14.4. The Labute approximate surface area is 164 Å². The quantitative estimate of drug-likeness (QED) is 0.558. The number of nitrogens with zero attached hydrogens (tertiary/aromatic N) is 2. The lowest BCUT2D eigenvalue weighted by molar-refractivity contribution is -0.898. The van der Waals surface area contributed by atoms with Crippen molar-refractivity contribution in [2.24, 2.45) is 0 Å². The lowest BCUT2D eigenvalue weighted by Crippen LogP contribution is -3.14. The van der Waals surface area contributed by atoms with Crippen LogP contribution in [0.25, 0.3) is 0 Å². The van der Waals surface area contributed by atoms with Crippen LogP contribution in [0.4, 0.5) is 22.7 Å². The lowest BCUT2D eigenvalue weighted by Gasteiger charge is -2.33. The number of likely N-dealkylation sites (N-methyl/N-ethyl adjacent to an activating group) is 1. The molecule has 1 aliphatic rings. The Hall–Kier alpha value is -2.65. The van der Waals surface area contributed by atoms with Crippen LogP contribution in [0.2, 0.25) is 0 Å². The highest BCUT2D eigenvalue weighted by Crippen LogP contribution is 2.30. The van der Waals surface area contributed by atoms with E-state index in [0.29, 0.717) is 5.69 Å². The molecule has 0 saturated carbocycles. The first-order valence-electron chi connectivity index (χ1n) is 9.22. The number of sulfone groups is 1. The molecule has 28 heavy (non-hydrogen) atoms. The second-order valence-corrected chi connectivity index (χ2v) is 8.99. The zero-order valence-corrected chi connectivity index (χ0v) is 16.8. The maximum absolute atomic E-state index is 11.7. The lowest BCUT2D eigenvalue weighted by atomic mass is 10.2. The molecule has 150 valence electrons. The van der Waals surface area contributed by atoms with Crippen LogP contribution in [0.15, 0.2) is 47.4 Å². The molecule has 0 unspecified atom stereocenters. The molecule has 9 heteroatoms. The number of hydrogen-bond acceptors (Lipinski definition) is 6. The van der Waals surface area contributed by atoms with Crippen LogP contribution >= 0.6 is 0 Å². The molecule has 1 fully saturated rings. The number of nitro benzene ring substituents is 1. The van der Waals surface area contributed by atoms with E-state index in [-0.39, 0.29) is 16.3 Å². The van der Waals surface area contributed by atoms with Crippen molar-refractivity contribution in [2.75, 3.05) is 49.2 Å². The van der Waals surface area contributed by atoms with Gasteiger partial charge in [-0.05, 0) is 43.3 Å². The molecular weight excluding hydrogens is 380 g/mol. The van der Waals surface area contributed by atoms with E-state index in [0.717, 1.165) is 50.7 Å². The van der Waals surface area contributed by atoms with Crippen LogP contribution in [-0.4, -0.2) is 52.3 Å². The summed E-state index contributed by atoms with van der Waals surface area (Å²) in [6.45, 7) is 7.61. The summed E-state index contributed by atoms with van der Waals surface area (Å²) in [7, 11) is -3.51. The Morgan fingerprint density at radius 2 is 1.79 bits per heavy atom. The molecule has 0 radical (unpaired) electrons. The highest BCUT2D eigenvalue weighted by atomic mass is 32.2. The fourth-order valence-electron chi connectivity index (χ4n) is 3.34. The van der Waals surface area contributed by atoms with Gasteiger partial charge in [0.05, 0.1) is 42.5 Å². The van der Waals surface area contributed by atoms with Gasteiger partial charge in [-0.15, -0.1) is 0 Å². The molecule has 0 aliphatic carbocycles. The smallest absolute Gasteiger partial charge is 0.293 e. The van der Waals surface area contributed by atoms with Crippen LogP contribution in [0.3, 0.4) is 0 Å². The van der Waals surface area contributed by atoms with Gasteiger partial charge in [-0.2, -0.15) is 0 Å². The molecule has 3 rings (SSSR count). The molecule has 1 aliphatic heterocycles. The first-order chi connectivity index (χ1) is 13.3. The zero-order valence-electron chi connectivity index (χ0n) is 16.0. The summed E-state index contributed by atoms with van der Waals surface area (Å²) >= 11 is 0. The Bertz CT molecular complexity index is 952. The number of benzene rings is 2. The predicted octanol–water partition coefficient (Wildman–Crippen LogP) is 1.47. The molecule has 1 heterocycles. The van der Waals surface area contributed by atoms with Gasteiger partial charge in [0.2, 0.25) is 0 Å². The monoisotopic (exact) mass is 405 g/mol. The van der Waals surface area contributed by atoms with Crippen LogP contribution in [0.1, 0.15) is 6.92 Å². The Balaban J connectivity index is 1.76. The van der Waals surface area contributed by atoms with Crippen molar-refractivity contribution in [1.29, 1.82) is 0 Å². The second kappa shape index (κ2) is 8.15. The molecule has 0 spiro atoms. The Morgan fingerprint density at radius 1 is 1.14 bits per heavy atom. The number of rotatable bonds is 6. The van der Waals surface area contributed by atoms with E-state index in [2.05, 4.69) is 17.1 Å². The first kappa shape index (κ1) is 20.1. The Morgan fingerprint density at radius 3 is 2.32 bits per heavy atom. The van der Waals surface area contributed by atoms with Crippen molar-refractivity contribution in [3.8, 4) is 0 Å². The molecule has 0 amide bonds. The number of anilines is 3. The third-order valence-corrected chi connectivity index (χ3v) is 6.19. The van der Waals surface area contributed by atoms with Crippen LogP contribution < -0.4 is 15.1 Å². The van der Waals surface area contributed by atoms with Crippen molar-refractivity contribution in [3.05, 3.63) is 52.6 Å². The van der Waals surface area contributed by atoms with E-state index < -0.39 is 14.8 Å². The van der Waals surface area contributed by atoms with Gasteiger partial charge >= 0.3 is 0 Å². The molecule has 2 aromatic carbocycles. The van der Waals surface area contributed by atoms with E-state index in [9.17, 15) is 18.5 Å². The van der Waals surface area contributed by atoms with Crippen LogP contribution in [0, 0.1) is 10.1 Å². The highest BCUT2D eigenvalue weighted by molar-refractivity contribution is 7.90. The maximum atomic E-state index is 11.7. The fraction of sp³-hybridized carbons (Fsp3) is 0.368. The number of piperazine rings is 1. The standard InChI is InChI=1S/C19H24N4O4S/c1-3-21-10-12-22(13-11-21)16-6-4-15(5-7-16)20-18-9-8-17(28(2,26)27)14-19(18)23(24)25/h4-9,14,20H,3,10-13H2,1-2H3/p+1. The molecule has 0 aromatic heterocycles. The minimum Gasteiger partial charge on any atom is -0.360 e. The molecule has 2 N–H and O–H groups in total. The topological polar surface area (TPSA) is 97.0 Å². The molecular formula is C19H25N4O4S+. The third-order valence-electron chi connectivity index (χ3n) is 5.08. The molecule has 0 atom stereocenters. The zero-order chi connectivity index (χ0) is 20.3. The minimum atomic E-state index is -3.51. The van der Waals surface area contributed by atoms with Crippen molar-refractivity contribution in [2.45, 2.75) is 11.8 Å². The number of quaternary nitrogens is 1. The molecule has 8 nitrogen and oxygen atoms in total. The summed E-state index contributed by atoms with van der Waals surface area (Å²) in [5.74, 6) is 0. The largest absolute Gasteiger partial charge is 0.360 e. The molecule has 0 bridgehead atoms. The number of nitro groups is 1.